The number of ether oxygens (including phenoxy) is 1. The number of nitrogens with one attached hydrogen (secondary N) is 1. The third-order valence-electron chi connectivity index (χ3n) is 4.67. The molecule has 0 aliphatic heterocycles. The lowest BCUT2D eigenvalue weighted by atomic mass is 10.1. The summed E-state index contributed by atoms with van der Waals surface area (Å²) in [4.78, 5) is 13.0. The number of rotatable bonds is 9. The number of hydrogen-bond acceptors (Lipinski definition) is 4. The van der Waals surface area contributed by atoms with Crippen molar-refractivity contribution in [1.82, 2.24) is 5.32 Å². The Labute approximate surface area is 173 Å². The average molecular weight is 419 g/mol. The highest BCUT2D eigenvalue weighted by molar-refractivity contribution is 7.92. The highest BCUT2D eigenvalue weighted by Gasteiger charge is 2.32. The standard InChI is InChI=1S/C22H30N2O4S/c1-6-21(22(25)23-17(4)18-10-8-16(3)9-11-18)24(29(5,26)27)19-12-14-20(15-13-19)28-7-2/h8-15,17,21H,6-7H2,1-5H3,(H,23,25)/t17-,21-/m1/s1. The van der Waals surface area contributed by atoms with Crippen molar-refractivity contribution >= 4 is 21.6 Å². The van der Waals surface area contributed by atoms with Crippen LogP contribution in [0.3, 0.4) is 0 Å². The molecule has 0 saturated heterocycles. The Bertz CT molecular complexity index is 909. The normalized spacial score (nSPS) is 13.4. The predicted molar refractivity (Wildman–Crippen MR) is 117 cm³/mol. The van der Waals surface area contributed by atoms with Gasteiger partial charge in [0, 0.05) is 0 Å². The van der Waals surface area contributed by atoms with Gasteiger partial charge in [0.15, 0.2) is 0 Å². The zero-order valence-corrected chi connectivity index (χ0v) is 18.5. The lowest BCUT2D eigenvalue weighted by Crippen LogP contribution is -2.49. The number of amides is 1. The summed E-state index contributed by atoms with van der Waals surface area (Å²) in [5.74, 6) is 0.315. The second-order valence-electron chi connectivity index (χ2n) is 7.05. The van der Waals surface area contributed by atoms with Gasteiger partial charge < -0.3 is 10.1 Å². The minimum atomic E-state index is -3.67. The molecule has 0 fully saturated rings. The molecule has 2 aromatic rings. The Morgan fingerprint density at radius 1 is 1.07 bits per heavy atom. The molecule has 0 bridgehead atoms. The molecule has 29 heavy (non-hydrogen) atoms. The van der Waals surface area contributed by atoms with E-state index in [2.05, 4.69) is 5.32 Å². The van der Waals surface area contributed by atoms with Gasteiger partial charge in [0.2, 0.25) is 15.9 Å². The van der Waals surface area contributed by atoms with Crippen LogP contribution in [0.5, 0.6) is 5.75 Å². The Morgan fingerprint density at radius 3 is 2.14 bits per heavy atom. The van der Waals surface area contributed by atoms with Crippen molar-refractivity contribution in [2.75, 3.05) is 17.2 Å². The molecule has 0 heterocycles. The van der Waals surface area contributed by atoms with Crippen LogP contribution in [-0.2, 0) is 14.8 Å². The Kier molecular flexibility index (Phi) is 7.67. The summed E-state index contributed by atoms with van der Waals surface area (Å²) in [5, 5.41) is 2.95. The van der Waals surface area contributed by atoms with Gasteiger partial charge >= 0.3 is 0 Å². The fourth-order valence-electron chi connectivity index (χ4n) is 3.16. The first kappa shape index (κ1) is 22.7. The van der Waals surface area contributed by atoms with Crippen LogP contribution in [0.25, 0.3) is 0 Å². The average Bonchev–Trinajstić information content (AvgIpc) is 2.66. The molecule has 0 spiro atoms. The first-order valence-electron chi connectivity index (χ1n) is 9.76. The van der Waals surface area contributed by atoms with Gasteiger partial charge in [-0.2, -0.15) is 0 Å². The van der Waals surface area contributed by atoms with Crippen molar-refractivity contribution in [1.29, 1.82) is 0 Å². The highest BCUT2D eigenvalue weighted by atomic mass is 32.2. The summed E-state index contributed by atoms with van der Waals surface area (Å²) >= 11 is 0. The van der Waals surface area contributed by atoms with E-state index < -0.39 is 16.1 Å². The zero-order valence-electron chi connectivity index (χ0n) is 17.7. The first-order valence-corrected chi connectivity index (χ1v) is 11.6. The Hall–Kier alpha value is -2.54. The van der Waals surface area contributed by atoms with E-state index in [-0.39, 0.29) is 11.9 Å². The van der Waals surface area contributed by atoms with Crippen molar-refractivity contribution in [3.05, 3.63) is 59.7 Å². The van der Waals surface area contributed by atoms with E-state index in [1.165, 1.54) is 4.31 Å². The van der Waals surface area contributed by atoms with Gasteiger partial charge in [-0.05, 0) is 57.0 Å². The van der Waals surface area contributed by atoms with Gasteiger partial charge in [-0.25, -0.2) is 8.42 Å². The first-order chi connectivity index (χ1) is 13.7. The summed E-state index contributed by atoms with van der Waals surface area (Å²) in [6, 6.07) is 13.5. The second kappa shape index (κ2) is 9.78. The number of aryl methyl sites for hydroxylation is 1. The number of nitrogens with zero attached hydrogens (tertiary/aromatic N) is 1. The summed E-state index contributed by atoms with van der Waals surface area (Å²) in [5.41, 5.74) is 2.53. The van der Waals surface area contributed by atoms with E-state index in [4.69, 9.17) is 4.74 Å². The number of benzene rings is 2. The fourth-order valence-corrected chi connectivity index (χ4v) is 4.38. The van der Waals surface area contributed by atoms with E-state index >= 15 is 0 Å². The van der Waals surface area contributed by atoms with Crippen LogP contribution >= 0.6 is 0 Å². The Balaban J connectivity index is 2.27. The van der Waals surface area contributed by atoms with Gasteiger partial charge in [0.1, 0.15) is 11.8 Å². The number of anilines is 1. The fraction of sp³-hybridized carbons (Fsp3) is 0.409. The molecule has 2 atom stereocenters. The topological polar surface area (TPSA) is 75.7 Å². The van der Waals surface area contributed by atoms with Gasteiger partial charge in [0.05, 0.1) is 24.6 Å². The molecule has 2 rings (SSSR count). The van der Waals surface area contributed by atoms with Gasteiger partial charge in [0.25, 0.3) is 0 Å². The molecule has 0 saturated carbocycles. The molecule has 0 aliphatic rings. The van der Waals surface area contributed by atoms with Crippen LogP contribution in [-0.4, -0.2) is 33.2 Å². The molecule has 2 aromatic carbocycles. The molecule has 7 heteroatoms. The SMILES string of the molecule is CCOc1ccc(N([C@H](CC)C(=O)N[C@H](C)c2ccc(C)cc2)S(C)(=O)=O)cc1. The predicted octanol–water partition coefficient (Wildman–Crippen LogP) is 3.82. The van der Waals surface area contributed by atoms with E-state index in [1.807, 2.05) is 45.0 Å². The molecule has 1 amide bonds. The summed E-state index contributed by atoms with van der Waals surface area (Å²) in [7, 11) is -3.67. The largest absolute Gasteiger partial charge is 0.494 e. The van der Waals surface area contributed by atoms with Crippen LogP contribution < -0.4 is 14.4 Å². The van der Waals surface area contributed by atoms with Crippen molar-refractivity contribution in [2.45, 2.75) is 46.2 Å². The molecule has 0 aromatic heterocycles. The second-order valence-corrected chi connectivity index (χ2v) is 8.91. The smallest absolute Gasteiger partial charge is 0.244 e. The summed E-state index contributed by atoms with van der Waals surface area (Å²) < 4.78 is 31.7. The maximum absolute atomic E-state index is 13.0. The van der Waals surface area contributed by atoms with Gasteiger partial charge in [-0.1, -0.05) is 36.8 Å². The molecule has 6 nitrogen and oxygen atoms in total. The van der Waals surface area contributed by atoms with E-state index in [9.17, 15) is 13.2 Å². The summed E-state index contributed by atoms with van der Waals surface area (Å²) in [6.07, 6.45) is 1.45. The van der Waals surface area contributed by atoms with Crippen LogP contribution in [0.15, 0.2) is 48.5 Å². The van der Waals surface area contributed by atoms with Crippen molar-refractivity contribution < 1.29 is 17.9 Å². The lowest BCUT2D eigenvalue weighted by Gasteiger charge is -2.31. The molecule has 158 valence electrons. The molecule has 1 N–H and O–H groups in total. The minimum Gasteiger partial charge on any atom is -0.494 e. The number of carbonyl (C=O) groups is 1. The minimum absolute atomic E-state index is 0.237. The number of sulfonamides is 1. The Morgan fingerprint density at radius 2 is 1.66 bits per heavy atom. The van der Waals surface area contributed by atoms with E-state index in [0.29, 0.717) is 24.5 Å². The van der Waals surface area contributed by atoms with Crippen molar-refractivity contribution in [2.24, 2.45) is 0 Å². The molecule has 0 aliphatic carbocycles. The van der Waals surface area contributed by atoms with Crippen molar-refractivity contribution in [3.8, 4) is 5.75 Å². The molecule has 0 unspecified atom stereocenters. The zero-order chi connectivity index (χ0) is 21.6. The summed E-state index contributed by atoms with van der Waals surface area (Å²) in [6.45, 7) is 8.08. The van der Waals surface area contributed by atoms with Gasteiger partial charge in [-0.15, -0.1) is 0 Å². The molecular formula is C22H30N2O4S. The van der Waals surface area contributed by atoms with Crippen LogP contribution in [0.1, 0.15) is 44.4 Å². The lowest BCUT2D eigenvalue weighted by molar-refractivity contribution is -0.122. The van der Waals surface area contributed by atoms with Crippen LogP contribution in [0, 0.1) is 6.92 Å². The maximum atomic E-state index is 13.0. The number of carbonyl (C=O) groups excluding carboxylic acids is 1. The highest BCUT2D eigenvalue weighted by Crippen LogP contribution is 2.26. The third-order valence-corrected chi connectivity index (χ3v) is 5.85. The molecular weight excluding hydrogens is 388 g/mol. The van der Waals surface area contributed by atoms with Gasteiger partial charge in [-0.3, -0.25) is 9.10 Å². The third kappa shape index (κ3) is 5.97. The molecule has 0 radical (unpaired) electrons. The monoisotopic (exact) mass is 418 g/mol. The number of hydrogen-bond donors (Lipinski definition) is 1. The maximum Gasteiger partial charge on any atom is 0.244 e. The van der Waals surface area contributed by atoms with E-state index in [0.717, 1.165) is 17.4 Å². The van der Waals surface area contributed by atoms with Crippen molar-refractivity contribution in [3.63, 3.8) is 0 Å². The van der Waals surface area contributed by atoms with E-state index in [1.54, 1.807) is 31.2 Å². The van der Waals surface area contributed by atoms with Crippen LogP contribution in [0.2, 0.25) is 0 Å². The quantitative estimate of drug-likeness (QED) is 0.672. The van der Waals surface area contributed by atoms with Crippen LogP contribution in [0.4, 0.5) is 5.69 Å².